The van der Waals surface area contributed by atoms with E-state index < -0.39 is 0 Å². The number of aromatic amines is 1. The van der Waals surface area contributed by atoms with Crippen LogP contribution >= 0.6 is 0 Å². The molecule has 1 N–H and O–H groups in total. The summed E-state index contributed by atoms with van der Waals surface area (Å²) in [6, 6.07) is 3.75. The fraction of sp³-hybridized carbons (Fsp3) is 0.385. The number of fused-ring (bicyclic) bond motifs is 1. The molecule has 0 aliphatic heterocycles. The molecule has 0 saturated heterocycles. The number of nitrogens with zero attached hydrogens (tertiary/aromatic N) is 2. The number of hydrogen-bond acceptors (Lipinski definition) is 3. The molecule has 0 bridgehead atoms. The van der Waals surface area contributed by atoms with Gasteiger partial charge in [0.15, 0.2) is 0 Å². The third-order valence-corrected chi connectivity index (χ3v) is 3.57. The van der Waals surface area contributed by atoms with Crippen molar-refractivity contribution in [1.82, 2.24) is 4.98 Å². The van der Waals surface area contributed by atoms with Crippen LogP contribution in [-0.4, -0.2) is 4.98 Å². The molecule has 0 spiro atoms. The minimum Gasteiger partial charge on any atom is -0.777 e. The molecule has 1 aliphatic carbocycles. The van der Waals surface area contributed by atoms with Crippen molar-refractivity contribution < 1.29 is 51.4 Å². The summed E-state index contributed by atoms with van der Waals surface area (Å²) in [6.45, 7) is 1.95. The number of nitriles is 2. The van der Waals surface area contributed by atoms with E-state index in [0.29, 0.717) is 4.91 Å². The summed E-state index contributed by atoms with van der Waals surface area (Å²) in [5, 5.41) is 17.8. The number of H-pyrrole nitrogens is 1. The molecule has 2 rings (SSSR count). The Morgan fingerprint density at radius 2 is 1.83 bits per heavy atom. The number of allylic oxidation sites excluding steroid dienone is 1. The van der Waals surface area contributed by atoms with Crippen molar-refractivity contribution in [3.8, 4) is 12.1 Å². The summed E-state index contributed by atoms with van der Waals surface area (Å²) in [4.78, 5) is 3.72. The maximum absolute atomic E-state index is 8.88. The standard InChI is InChI=1S/C13H13N3S.K/c1-8-12(13(17)9(6-14)7-15)10-4-2-3-5-11(10)16-8;/h16-17H,2-5H2,1H3;/q;+1/p-1. The normalized spacial score (nSPS) is 12.6. The fourth-order valence-corrected chi connectivity index (χ4v) is 2.76. The molecule has 1 heterocycles. The Kier molecular flexibility index (Phi) is 6.06. The molecule has 0 amide bonds. The van der Waals surface area contributed by atoms with Gasteiger partial charge in [0.1, 0.15) is 17.7 Å². The first-order chi connectivity index (χ1) is 8.19. The molecule has 86 valence electrons. The number of aromatic nitrogens is 1. The monoisotopic (exact) mass is 281 g/mol. The van der Waals surface area contributed by atoms with Gasteiger partial charge in [0.2, 0.25) is 0 Å². The van der Waals surface area contributed by atoms with E-state index in [1.165, 1.54) is 17.7 Å². The number of nitrogens with one attached hydrogen (secondary N) is 1. The van der Waals surface area contributed by atoms with Crippen molar-refractivity contribution in [3.05, 3.63) is 28.1 Å². The van der Waals surface area contributed by atoms with Crippen LogP contribution in [0.3, 0.4) is 0 Å². The van der Waals surface area contributed by atoms with Crippen LogP contribution in [-0.2, 0) is 25.5 Å². The molecular weight excluding hydrogens is 269 g/mol. The van der Waals surface area contributed by atoms with E-state index in [1.807, 2.05) is 19.1 Å². The first-order valence-corrected chi connectivity index (χ1v) is 6.02. The Labute approximate surface area is 155 Å². The van der Waals surface area contributed by atoms with Gasteiger partial charge in [-0.1, -0.05) is 0 Å². The maximum Gasteiger partial charge on any atom is 1.00 e. The Balaban J connectivity index is 0.00000162. The number of rotatable bonds is 1. The van der Waals surface area contributed by atoms with Crippen molar-refractivity contribution in [1.29, 1.82) is 10.5 Å². The Morgan fingerprint density at radius 3 is 2.44 bits per heavy atom. The van der Waals surface area contributed by atoms with Crippen LogP contribution in [0, 0.1) is 29.6 Å². The molecule has 1 aromatic rings. The van der Waals surface area contributed by atoms with Crippen molar-refractivity contribution >= 4 is 17.5 Å². The zero-order valence-corrected chi connectivity index (χ0v) is 14.6. The van der Waals surface area contributed by atoms with E-state index in [0.717, 1.165) is 30.5 Å². The number of aryl methyl sites for hydroxylation is 2. The van der Waals surface area contributed by atoms with E-state index in [1.54, 1.807) is 0 Å². The molecule has 0 unspecified atom stereocenters. The predicted octanol–water partition coefficient (Wildman–Crippen LogP) is -0.489. The molecule has 0 fully saturated rings. The molecule has 0 radical (unpaired) electrons. The van der Waals surface area contributed by atoms with Crippen LogP contribution in [0.2, 0.25) is 0 Å². The second-order valence-electron chi connectivity index (χ2n) is 4.22. The first-order valence-electron chi connectivity index (χ1n) is 5.61. The fourth-order valence-electron chi connectivity index (χ4n) is 2.39. The quantitative estimate of drug-likeness (QED) is 0.429. The second kappa shape index (κ2) is 6.86. The average molecular weight is 281 g/mol. The minimum atomic E-state index is 0. The van der Waals surface area contributed by atoms with Crippen LogP contribution in [0.15, 0.2) is 5.57 Å². The zero-order valence-electron chi connectivity index (χ0n) is 10.6. The zero-order chi connectivity index (χ0) is 12.4. The molecule has 18 heavy (non-hydrogen) atoms. The van der Waals surface area contributed by atoms with Crippen LogP contribution in [0.25, 0.3) is 4.91 Å². The van der Waals surface area contributed by atoms with Gasteiger partial charge < -0.3 is 17.6 Å². The molecule has 3 nitrogen and oxygen atoms in total. The topological polar surface area (TPSA) is 63.4 Å². The van der Waals surface area contributed by atoms with Crippen LogP contribution in [0.4, 0.5) is 0 Å². The van der Waals surface area contributed by atoms with Crippen molar-refractivity contribution in [2.24, 2.45) is 0 Å². The van der Waals surface area contributed by atoms with Crippen molar-refractivity contribution in [3.63, 3.8) is 0 Å². The van der Waals surface area contributed by atoms with E-state index in [-0.39, 0.29) is 57.0 Å². The molecule has 0 aromatic carbocycles. The Hall–Kier alpha value is -0.144. The van der Waals surface area contributed by atoms with Crippen LogP contribution in [0.1, 0.15) is 35.4 Å². The summed E-state index contributed by atoms with van der Waals surface area (Å²) >= 11 is 5.26. The van der Waals surface area contributed by atoms with Crippen molar-refractivity contribution in [2.45, 2.75) is 32.6 Å². The molecule has 1 aromatic heterocycles. The van der Waals surface area contributed by atoms with Gasteiger partial charge in [-0.05, 0) is 43.7 Å². The summed E-state index contributed by atoms with van der Waals surface area (Å²) in [6.07, 6.45) is 4.35. The van der Waals surface area contributed by atoms with Gasteiger partial charge in [-0.15, -0.1) is 4.91 Å². The van der Waals surface area contributed by atoms with E-state index >= 15 is 0 Å². The number of hydrogen-bond donors (Lipinski definition) is 1. The summed E-state index contributed by atoms with van der Waals surface area (Å²) in [5.74, 6) is 0. The molecule has 0 atom stereocenters. The predicted molar refractivity (Wildman–Crippen MR) is 67.7 cm³/mol. The summed E-state index contributed by atoms with van der Waals surface area (Å²) < 4.78 is 0. The average Bonchev–Trinajstić information content (AvgIpc) is 2.66. The molecular formula is C13H12KN3S. The Morgan fingerprint density at radius 1 is 1.22 bits per heavy atom. The van der Waals surface area contributed by atoms with E-state index in [9.17, 15) is 0 Å². The summed E-state index contributed by atoms with van der Waals surface area (Å²) in [7, 11) is 0. The molecule has 1 aliphatic rings. The SMILES string of the molecule is Cc1[nH]c2c(c1C([S-])=C(C#N)C#N)CCCC2.[K+]. The third-order valence-electron chi connectivity index (χ3n) is 3.16. The Bertz CT molecular complexity index is 556. The van der Waals surface area contributed by atoms with Gasteiger partial charge in [-0.25, -0.2) is 0 Å². The molecule has 0 saturated carbocycles. The third kappa shape index (κ3) is 2.88. The van der Waals surface area contributed by atoms with E-state index in [4.69, 9.17) is 23.2 Å². The van der Waals surface area contributed by atoms with Gasteiger partial charge in [0.05, 0.1) is 0 Å². The van der Waals surface area contributed by atoms with Gasteiger partial charge in [0.25, 0.3) is 0 Å². The largest absolute Gasteiger partial charge is 1.00 e. The van der Waals surface area contributed by atoms with E-state index in [2.05, 4.69) is 4.98 Å². The van der Waals surface area contributed by atoms with Crippen LogP contribution in [0.5, 0.6) is 0 Å². The maximum atomic E-state index is 8.88. The molecule has 5 heteroatoms. The minimum absolute atomic E-state index is 0. The summed E-state index contributed by atoms with van der Waals surface area (Å²) in [5.41, 5.74) is 4.36. The van der Waals surface area contributed by atoms with Gasteiger partial charge in [0, 0.05) is 11.4 Å². The van der Waals surface area contributed by atoms with Gasteiger partial charge in [-0.2, -0.15) is 10.5 Å². The van der Waals surface area contributed by atoms with Crippen LogP contribution < -0.4 is 51.4 Å². The first kappa shape index (κ1) is 15.9. The van der Waals surface area contributed by atoms with Gasteiger partial charge >= 0.3 is 51.4 Å². The second-order valence-corrected chi connectivity index (χ2v) is 4.63. The smallest absolute Gasteiger partial charge is 0.777 e. The van der Waals surface area contributed by atoms with Crippen molar-refractivity contribution in [2.75, 3.05) is 0 Å². The van der Waals surface area contributed by atoms with Gasteiger partial charge in [-0.3, -0.25) is 0 Å².